The molecule has 0 saturated carbocycles. The molecule has 0 bridgehead atoms. The van der Waals surface area contributed by atoms with Crippen LogP contribution in [-0.2, 0) is 9.53 Å². The maximum atomic E-state index is 11.4. The molecule has 94 valence electrons. The van der Waals surface area contributed by atoms with Crippen molar-refractivity contribution in [1.82, 2.24) is 10.6 Å². The minimum Gasteiger partial charge on any atom is -0.375 e. The van der Waals surface area contributed by atoms with Gasteiger partial charge in [-0.3, -0.25) is 4.79 Å². The minimum absolute atomic E-state index is 0.0294. The molecule has 3 unspecified atom stereocenters. The molecule has 0 aromatic carbocycles. The average molecular weight is 228 g/mol. The zero-order valence-electron chi connectivity index (χ0n) is 10.8. The summed E-state index contributed by atoms with van der Waals surface area (Å²) in [5.74, 6) is 0.0460. The number of nitrogens with one attached hydrogen (secondary N) is 2. The van der Waals surface area contributed by atoms with E-state index in [1.807, 2.05) is 6.92 Å². The van der Waals surface area contributed by atoms with E-state index in [2.05, 4.69) is 24.5 Å². The van der Waals surface area contributed by atoms with Crippen molar-refractivity contribution in [2.75, 3.05) is 13.7 Å². The number of hydrogen-bond donors (Lipinski definition) is 2. The van der Waals surface area contributed by atoms with E-state index in [0.29, 0.717) is 6.04 Å². The molecule has 1 aliphatic rings. The molecule has 1 aliphatic heterocycles. The van der Waals surface area contributed by atoms with E-state index in [-0.39, 0.29) is 17.6 Å². The van der Waals surface area contributed by atoms with Crippen LogP contribution in [0.25, 0.3) is 0 Å². The predicted octanol–water partition coefficient (Wildman–Crippen LogP) is 1.06. The largest absolute Gasteiger partial charge is 0.375 e. The van der Waals surface area contributed by atoms with E-state index in [0.717, 1.165) is 25.9 Å². The summed E-state index contributed by atoms with van der Waals surface area (Å²) in [6, 6.07) is 0.250. The van der Waals surface area contributed by atoms with Crippen LogP contribution < -0.4 is 10.6 Å². The summed E-state index contributed by atoms with van der Waals surface area (Å²) in [4.78, 5) is 11.4. The molecule has 16 heavy (non-hydrogen) atoms. The van der Waals surface area contributed by atoms with Crippen LogP contribution in [0.2, 0.25) is 0 Å². The molecular formula is C12H24N2O2. The van der Waals surface area contributed by atoms with Gasteiger partial charge in [0.2, 0.25) is 5.91 Å². The van der Waals surface area contributed by atoms with Gasteiger partial charge in [0.25, 0.3) is 0 Å². The predicted molar refractivity (Wildman–Crippen MR) is 64.3 cm³/mol. The van der Waals surface area contributed by atoms with Gasteiger partial charge in [-0.15, -0.1) is 0 Å². The first-order chi connectivity index (χ1) is 7.50. The molecular weight excluding hydrogens is 204 g/mol. The standard InChI is InChI=1S/C12H24N2O2/c1-5-12(3)8-10(6-7-16-12)14-9(2)11(15)13-4/h9-10,14H,5-8H2,1-4H3,(H,13,15). The van der Waals surface area contributed by atoms with Crippen molar-refractivity contribution in [2.45, 2.75) is 57.7 Å². The second-order valence-electron chi connectivity index (χ2n) is 4.84. The van der Waals surface area contributed by atoms with Gasteiger partial charge in [-0.1, -0.05) is 6.92 Å². The Balaban J connectivity index is 2.46. The van der Waals surface area contributed by atoms with Gasteiger partial charge in [0, 0.05) is 19.7 Å². The fourth-order valence-corrected chi connectivity index (χ4v) is 2.16. The SMILES string of the molecule is CCC1(C)CC(NC(C)C(=O)NC)CCO1. The van der Waals surface area contributed by atoms with Gasteiger partial charge in [-0.05, 0) is 33.1 Å². The number of ether oxygens (including phenoxy) is 1. The lowest BCUT2D eigenvalue weighted by molar-refractivity contribution is -0.123. The van der Waals surface area contributed by atoms with Crippen molar-refractivity contribution in [3.8, 4) is 0 Å². The highest BCUT2D eigenvalue weighted by Crippen LogP contribution is 2.27. The van der Waals surface area contributed by atoms with Gasteiger partial charge in [-0.2, -0.15) is 0 Å². The average Bonchev–Trinajstić information content (AvgIpc) is 2.28. The fraction of sp³-hybridized carbons (Fsp3) is 0.917. The molecule has 3 atom stereocenters. The summed E-state index contributed by atoms with van der Waals surface area (Å²) in [5, 5.41) is 6.02. The third-order valence-electron chi connectivity index (χ3n) is 3.47. The zero-order valence-corrected chi connectivity index (χ0v) is 10.8. The molecule has 0 aliphatic carbocycles. The van der Waals surface area contributed by atoms with Crippen LogP contribution in [0, 0.1) is 0 Å². The third kappa shape index (κ3) is 3.46. The Morgan fingerprint density at radius 1 is 1.62 bits per heavy atom. The van der Waals surface area contributed by atoms with Crippen LogP contribution in [0.15, 0.2) is 0 Å². The highest BCUT2D eigenvalue weighted by molar-refractivity contribution is 5.80. The number of likely N-dealkylation sites (N-methyl/N-ethyl adjacent to an activating group) is 1. The lowest BCUT2D eigenvalue weighted by Crippen LogP contribution is -2.51. The van der Waals surface area contributed by atoms with Crippen LogP contribution in [0.4, 0.5) is 0 Å². The van der Waals surface area contributed by atoms with E-state index < -0.39 is 0 Å². The molecule has 1 saturated heterocycles. The molecule has 1 fully saturated rings. The lowest BCUT2D eigenvalue weighted by atomic mass is 9.89. The Morgan fingerprint density at radius 3 is 2.88 bits per heavy atom. The van der Waals surface area contributed by atoms with Crippen molar-refractivity contribution in [2.24, 2.45) is 0 Å². The number of rotatable bonds is 4. The first kappa shape index (κ1) is 13.5. The molecule has 0 aromatic rings. The number of carbonyl (C=O) groups is 1. The van der Waals surface area contributed by atoms with Crippen molar-refractivity contribution in [1.29, 1.82) is 0 Å². The minimum atomic E-state index is -0.130. The van der Waals surface area contributed by atoms with Crippen LogP contribution in [0.1, 0.15) is 40.0 Å². The number of hydrogen-bond acceptors (Lipinski definition) is 3. The van der Waals surface area contributed by atoms with Crippen molar-refractivity contribution in [3.05, 3.63) is 0 Å². The fourth-order valence-electron chi connectivity index (χ4n) is 2.16. The van der Waals surface area contributed by atoms with E-state index >= 15 is 0 Å². The summed E-state index contributed by atoms with van der Waals surface area (Å²) in [7, 11) is 1.67. The van der Waals surface area contributed by atoms with Crippen LogP contribution in [0.3, 0.4) is 0 Å². The molecule has 1 rings (SSSR count). The Kier molecular flexibility index (Phi) is 4.74. The van der Waals surface area contributed by atoms with E-state index in [1.165, 1.54) is 0 Å². The highest BCUT2D eigenvalue weighted by atomic mass is 16.5. The first-order valence-electron chi connectivity index (χ1n) is 6.12. The van der Waals surface area contributed by atoms with Gasteiger partial charge in [0.15, 0.2) is 0 Å². The molecule has 0 radical (unpaired) electrons. The quantitative estimate of drug-likeness (QED) is 0.756. The highest BCUT2D eigenvalue weighted by Gasteiger charge is 2.32. The molecule has 2 N–H and O–H groups in total. The monoisotopic (exact) mass is 228 g/mol. The molecule has 0 spiro atoms. The smallest absolute Gasteiger partial charge is 0.236 e. The summed E-state index contributed by atoms with van der Waals surface area (Å²) in [6.45, 7) is 6.97. The van der Waals surface area contributed by atoms with E-state index in [9.17, 15) is 4.79 Å². The number of carbonyl (C=O) groups excluding carboxylic acids is 1. The first-order valence-corrected chi connectivity index (χ1v) is 6.12. The zero-order chi connectivity index (χ0) is 12.2. The lowest BCUT2D eigenvalue weighted by Gasteiger charge is -2.38. The van der Waals surface area contributed by atoms with E-state index in [1.54, 1.807) is 7.05 Å². The summed E-state index contributed by atoms with van der Waals surface area (Å²) < 4.78 is 5.77. The van der Waals surface area contributed by atoms with E-state index in [4.69, 9.17) is 4.74 Å². The molecule has 1 heterocycles. The molecule has 1 amide bonds. The molecule has 4 nitrogen and oxygen atoms in total. The summed E-state index contributed by atoms with van der Waals surface area (Å²) >= 11 is 0. The van der Waals surface area contributed by atoms with Gasteiger partial charge < -0.3 is 15.4 Å². The maximum Gasteiger partial charge on any atom is 0.236 e. The third-order valence-corrected chi connectivity index (χ3v) is 3.47. The van der Waals surface area contributed by atoms with Crippen molar-refractivity contribution in [3.63, 3.8) is 0 Å². The molecule has 0 aromatic heterocycles. The maximum absolute atomic E-state index is 11.4. The Hall–Kier alpha value is -0.610. The Labute approximate surface area is 98.1 Å². The molecule has 4 heteroatoms. The van der Waals surface area contributed by atoms with Gasteiger partial charge in [0.1, 0.15) is 0 Å². The van der Waals surface area contributed by atoms with Crippen molar-refractivity contribution >= 4 is 5.91 Å². The van der Waals surface area contributed by atoms with Crippen LogP contribution >= 0.6 is 0 Å². The normalized spacial score (nSPS) is 32.1. The van der Waals surface area contributed by atoms with Crippen LogP contribution in [-0.4, -0.2) is 37.2 Å². The van der Waals surface area contributed by atoms with Crippen molar-refractivity contribution < 1.29 is 9.53 Å². The second-order valence-corrected chi connectivity index (χ2v) is 4.84. The summed E-state index contributed by atoms with van der Waals surface area (Å²) in [6.07, 6.45) is 2.97. The Bertz CT molecular complexity index is 245. The van der Waals surface area contributed by atoms with Crippen LogP contribution in [0.5, 0.6) is 0 Å². The number of amides is 1. The van der Waals surface area contributed by atoms with Gasteiger partial charge in [0.05, 0.1) is 11.6 Å². The topological polar surface area (TPSA) is 50.4 Å². The summed E-state index contributed by atoms with van der Waals surface area (Å²) in [5.41, 5.74) is -0.0294. The van der Waals surface area contributed by atoms with Gasteiger partial charge >= 0.3 is 0 Å². The second kappa shape index (κ2) is 5.64. The van der Waals surface area contributed by atoms with Gasteiger partial charge in [-0.25, -0.2) is 0 Å². The Morgan fingerprint density at radius 2 is 2.31 bits per heavy atom.